The molecular weight excluding hydrogens is 156 g/mol. The van der Waals surface area contributed by atoms with E-state index < -0.39 is 12.1 Å². The van der Waals surface area contributed by atoms with Crippen LogP contribution >= 0.6 is 0 Å². The summed E-state index contributed by atoms with van der Waals surface area (Å²) in [6.07, 6.45) is 4.76. The van der Waals surface area contributed by atoms with Gasteiger partial charge in [0.2, 0.25) is 0 Å². The first-order chi connectivity index (χ1) is 5.71. The summed E-state index contributed by atoms with van der Waals surface area (Å²) < 4.78 is 5.19. The molecule has 3 atom stereocenters. The van der Waals surface area contributed by atoms with Crippen molar-refractivity contribution < 1.29 is 14.9 Å². The summed E-state index contributed by atoms with van der Waals surface area (Å²) >= 11 is 0. The van der Waals surface area contributed by atoms with Crippen LogP contribution in [0, 0.1) is 5.92 Å². The van der Waals surface area contributed by atoms with Crippen LogP contribution < -0.4 is 0 Å². The zero-order chi connectivity index (χ0) is 8.60. The lowest BCUT2D eigenvalue weighted by molar-refractivity contribution is -0.335. The van der Waals surface area contributed by atoms with E-state index in [9.17, 15) is 10.2 Å². The van der Waals surface area contributed by atoms with Crippen molar-refractivity contribution in [2.24, 2.45) is 5.92 Å². The lowest BCUT2D eigenvalue weighted by Gasteiger charge is -2.44. The van der Waals surface area contributed by atoms with Crippen LogP contribution in [0.25, 0.3) is 0 Å². The van der Waals surface area contributed by atoms with Crippen LogP contribution in [0.15, 0.2) is 0 Å². The van der Waals surface area contributed by atoms with Crippen LogP contribution in [0.1, 0.15) is 38.5 Å². The molecule has 70 valence electrons. The molecule has 2 N–H and O–H groups in total. The number of aliphatic hydroxyl groups excluding tert-OH is 1. The molecule has 0 bridgehead atoms. The SMILES string of the molecule is OC1CCC2CCCCC2(O)O1. The third kappa shape index (κ3) is 1.37. The first-order valence-corrected chi connectivity index (χ1v) is 4.79. The van der Waals surface area contributed by atoms with Gasteiger partial charge in [-0.05, 0) is 25.7 Å². The summed E-state index contributed by atoms with van der Waals surface area (Å²) in [6.45, 7) is 0. The van der Waals surface area contributed by atoms with E-state index in [1.807, 2.05) is 0 Å². The fraction of sp³-hybridized carbons (Fsp3) is 1.00. The molecule has 3 unspecified atom stereocenters. The number of aliphatic hydroxyl groups is 2. The fourth-order valence-electron chi connectivity index (χ4n) is 2.36. The highest BCUT2D eigenvalue weighted by Gasteiger charge is 2.44. The Balaban J connectivity index is 2.07. The molecule has 3 heteroatoms. The number of rotatable bonds is 0. The van der Waals surface area contributed by atoms with E-state index in [4.69, 9.17) is 4.74 Å². The maximum absolute atomic E-state index is 9.98. The van der Waals surface area contributed by atoms with E-state index in [0.717, 1.165) is 19.3 Å². The van der Waals surface area contributed by atoms with Gasteiger partial charge in [-0.3, -0.25) is 0 Å². The highest BCUT2D eigenvalue weighted by atomic mass is 16.7. The number of hydrogen-bond donors (Lipinski definition) is 2. The van der Waals surface area contributed by atoms with Crippen molar-refractivity contribution in [2.45, 2.75) is 50.6 Å². The van der Waals surface area contributed by atoms with Gasteiger partial charge in [0.05, 0.1) is 0 Å². The Morgan fingerprint density at radius 2 is 2.00 bits per heavy atom. The summed E-state index contributed by atoms with van der Waals surface area (Å²) in [7, 11) is 0. The predicted molar refractivity (Wildman–Crippen MR) is 43.2 cm³/mol. The first kappa shape index (κ1) is 8.48. The molecular formula is C9H16O3. The Bertz CT molecular complexity index is 171. The lowest BCUT2D eigenvalue weighted by atomic mass is 9.79. The monoisotopic (exact) mass is 172 g/mol. The first-order valence-electron chi connectivity index (χ1n) is 4.79. The van der Waals surface area contributed by atoms with Crippen LogP contribution in [-0.4, -0.2) is 22.3 Å². The molecule has 1 aliphatic carbocycles. The molecule has 1 heterocycles. The third-order valence-electron chi connectivity index (χ3n) is 3.08. The van der Waals surface area contributed by atoms with Crippen LogP contribution in [-0.2, 0) is 4.74 Å². The predicted octanol–water partition coefficient (Wildman–Crippen LogP) is 0.994. The number of fused-ring (bicyclic) bond motifs is 1. The Hall–Kier alpha value is -0.120. The molecule has 2 fully saturated rings. The van der Waals surface area contributed by atoms with Crippen molar-refractivity contribution in [1.29, 1.82) is 0 Å². The highest BCUT2D eigenvalue weighted by molar-refractivity contribution is 4.85. The average Bonchev–Trinajstić information content (AvgIpc) is 2.02. The van der Waals surface area contributed by atoms with E-state index in [1.54, 1.807) is 0 Å². The van der Waals surface area contributed by atoms with Crippen molar-refractivity contribution in [3.8, 4) is 0 Å². The number of ether oxygens (including phenoxy) is 1. The van der Waals surface area contributed by atoms with Crippen molar-refractivity contribution in [1.82, 2.24) is 0 Å². The second kappa shape index (κ2) is 2.98. The van der Waals surface area contributed by atoms with E-state index in [2.05, 4.69) is 0 Å². The largest absolute Gasteiger partial charge is 0.368 e. The smallest absolute Gasteiger partial charge is 0.171 e. The van der Waals surface area contributed by atoms with E-state index in [1.165, 1.54) is 6.42 Å². The van der Waals surface area contributed by atoms with Gasteiger partial charge in [0.15, 0.2) is 12.1 Å². The summed E-state index contributed by atoms with van der Waals surface area (Å²) in [5, 5.41) is 19.2. The molecule has 0 radical (unpaired) electrons. The van der Waals surface area contributed by atoms with Crippen LogP contribution in [0.5, 0.6) is 0 Å². The van der Waals surface area contributed by atoms with Crippen LogP contribution in [0.3, 0.4) is 0 Å². The van der Waals surface area contributed by atoms with Crippen molar-refractivity contribution >= 4 is 0 Å². The van der Waals surface area contributed by atoms with Crippen molar-refractivity contribution in [3.63, 3.8) is 0 Å². The van der Waals surface area contributed by atoms with Crippen molar-refractivity contribution in [2.75, 3.05) is 0 Å². The molecule has 0 spiro atoms. The van der Waals surface area contributed by atoms with E-state index in [0.29, 0.717) is 12.8 Å². The molecule has 0 amide bonds. The van der Waals surface area contributed by atoms with Crippen LogP contribution in [0.2, 0.25) is 0 Å². The van der Waals surface area contributed by atoms with Gasteiger partial charge < -0.3 is 14.9 Å². The summed E-state index contributed by atoms with van der Waals surface area (Å²) in [6, 6.07) is 0. The minimum atomic E-state index is -1.00. The Morgan fingerprint density at radius 3 is 2.83 bits per heavy atom. The maximum Gasteiger partial charge on any atom is 0.171 e. The minimum Gasteiger partial charge on any atom is -0.368 e. The second-order valence-corrected chi connectivity index (χ2v) is 3.94. The summed E-state index contributed by atoms with van der Waals surface area (Å²) in [4.78, 5) is 0. The van der Waals surface area contributed by atoms with Gasteiger partial charge in [-0.2, -0.15) is 0 Å². The molecule has 1 aliphatic heterocycles. The second-order valence-electron chi connectivity index (χ2n) is 3.94. The molecule has 12 heavy (non-hydrogen) atoms. The Labute approximate surface area is 72.3 Å². The summed E-state index contributed by atoms with van der Waals surface area (Å²) in [5.41, 5.74) is 0. The van der Waals surface area contributed by atoms with Gasteiger partial charge in [-0.25, -0.2) is 0 Å². The van der Waals surface area contributed by atoms with Crippen molar-refractivity contribution in [3.05, 3.63) is 0 Å². The van der Waals surface area contributed by atoms with Gasteiger partial charge in [0.25, 0.3) is 0 Å². The molecule has 0 aromatic carbocycles. The molecule has 1 saturated heterocycles. The molecule has 2 rings (SSSR count). The quantitative estimate of drug-likeness (QED) is 0.573. The van der Waals surface area contributed by atoms with E-state index in [-0.39, 0.29) is 5.92 Å². The molecule has 2 aliphatic rings. The maximum atomic E-state index is 9.98. The van der Waals surface area contributed by atoms with Gasteiger partial charge in [-0.15, -0.1) is 0 Å². The highest BCUT2D eigenvalue weighted by Crippen LogP contribution is 2.41. The Morgan fingerprint density at radius 1 is 1.17 bits per heavy atom. The average molecular weight is 172 g/mol. The van der Waals surface area contributed by atoms with Gasteiger partial charge in [0, 0.05) is 12.3 Å². The van der Waals surface area contributed by atoms with E-state index >= 15 is 0 Å². The zero-order valence-corrected chi connectivity index (χ0v) is 7.20. The Kier molecular flexibility index (Phi) is 2.10. The lowest BCUT2D eigenvalue weighted by Crippen LogP contribution is -2.49. The summed E-state index contributed by atoms with van der Waals surface area (Å²) in [5.74, 6) is -0.745. The number of hydrogen-bond acceptors (Lipinski definition) is 3. The standard InChI is InChI=1S/C9H16O3/c10-8-5-4-7-3-1-2-6-9(7,11)12-8/h7-8,10-11H,1-6H2. The van der Waals surface area contributed by atoms with Gasteiger partial charge >= 0.3 is 0 Å². The molecule has 0 aromatic rings. The zero-order valence-electron chi connectivity index (χ0n) is 7.20. The third-order valence-corrected chi connectivity index (χ3v) is 3.08. The minimum absolute atomic E-state index is 0.259. The normalized spacial score (nSPS) is 48.5. The molecule has 1 saturated carbocycles. The topological polar surface area (TPSA) is 49.7 Å². The fourth-order valence-corrected chi connectivity index (χ4v) is 2.36. The van der Waals surface area contributed by atoms with Gasteiger partial charge in [-0.1, -0.05) is 6.42 Å². The van der Waals surface area contributed by atoms with Gasteiger partial charge in [0.1, 0.15) is 0 Å². The molecule has 0 aromatic heterocycles. The van der Waals surface area contributed by atoms with Crippen LogP contribution in [0.4, 0.5) is 0 Å². The molecule has 3 nitrogen and oxygen atoms in total.